The highest BCUT2D eigenvalue weighted by molar-refractivity contribution is 6.45. The molecule has 5 rings (SSSR count). The molecule has 2 aromatic carbocycles. The molecular formula is C40H55BN2O10. The van der Waals surface area contributed by atoms with Crippen LogP contribution >= 0.6 is 0 Å². The Morgan fingerprint density at radius 1 is 0.755 bits per heavy atom. The number of carbonyl (C=O) groups excluding carboxylic acids is 4. The summed E-state index contributed by atoms with van der Waals surface area (Å²) in [5.41, 5.74) is 1.12. The van der Waals surface area contributed by atoms with Crippen LogP contribution in [0.4, 0.5) is 9.59 Å². The number of carbonyl (C=O) groups is 4. The van der Waals surface area contributed by atoms with Gasteiger partial charge in [0.25, 0.3) is 0 Å². The van der Waals surface area contributed by atoms with Crippen molar-refractivity contribution in [2.24, 2.45) is 11.8 Å². The largest absolute Gasteiger partial charge is 0.467 e. The second-order valence-corrected chi connectivity index (χ2v) is 14.6. The summed E-state index contributed by atoms with van der Waals surface area (Å²) < 4.78 is 32.7. The molecule has 0 unspecified atom stereocenters. The summed E-state index contributed by atoms with van der Waals surface area (Å²) in [4.78, 5) is 52.4. The fourth-order valence-electron chi connectivity index (χ4n) is 7.00. The zero-order chi connectivity index (χ0) is 38.6. The van der Waals surface area contributed by atoms with Gasteiger partial charge in [0.05, 0.1) is 25.4 Å². The predicted octanol–water partition coefficient (Wildman–Crippen LogP) is 6.82. The first kappa shape index (κ1) is 41.4. The highest BCUT2D eigenvalue weighted by atomic mass is 16.7. The van der Waals surface area contributed by atoms with Gasteiger partial charge in [-0.3, -0.25) is 9.80 Å². The average molecular weight is 735 g/mol. The highest BCUT2D eigenvalue weighted by Crippen LogP contribution is 2.39. The van der Waals surface area contributed by atoms with E-state index in [-0.39, 0.29) is 43.4 Å². The molecule has 0 saturated carbocycles. The summed E-state index contributed by atoms with van der Waals surface area (Å²) in [5, 5.41) is 0. The lowest BCUT2D eigenvalue weighted by Gasteiger charge is -2.32. The lowest BCUT2D eigenvalue weighted by Crippen LogP contribution is -2.44. The monoisotopic (exact) mass is 734 g/mol. The Labute approximate surface area is 314 Å². The highest BCUT2D eigenvalue weighted by Gasteiger charge is 2.51. The molecule has 2 amide bonds. The number of benzene rings is 2. The third-order valence-corrected chi connectivity index (χ3v) is 10.6. The van der Waals surface area contributed by atoms with Crippen LogP contribution in [0.3, 0.4) is 0 Å². The van der Waals surface area contributed by atoms with Crippen molar-refractivity contribution in [3.8, 4) is 0 Å². The molecule has 3 saturated heterocycles. The fraction of sp³-hybridized carbons (Fsp3) is 0.550. The van der Waals surface area contributed by atoms with E-state index >= 15 is 0 Å². The number of nitrogens with zero attached hydrogens (tertiary/aromatic N) is 2. The molecule has 0 bridgehead atoms. The van der Waals surface area contributed by atoms with Gasteiger partial charge in [0, 0.05) is 13.1 Å². The number of rotatable bonds is 12. The Hall–Kier alpha value is -4.36. The van der Waals surface area contributed by atoms with Gasteiger partial charge in [-0.15, -0.1) is 6.58 Å². The molecule has 12 nitrogen and oxygen atoms in total. The van der Waals surface area contributed by atoms with Gasteiger partial charge >= 0.3 is 31.2 Å². The van der Waals surface area contributed by atoms with Crippen LogP contribution in [0.2, 0.25) is 6.32 Å². The standard InChI is InChI=1S/C23H34BNO6.C17H21NO4/c1-22(2)23(3,4)31-24(30-22)14-9-12-18-13-15-25(19(18)20(26)28-5)21(27)29-16-17-10-7-6-8-11-17;1-3-7-14-10-11-18(15(14)16(19)21-2)17(20)22-12-13-8-5-4-6-9-13/h6-8,10-11,18-19H,9,12-16H2,1-5H3;3-6,8-9,14-15H,1,7,10-12H2,2H3/t18-,19-;14-,15-/m11/s1. The predicted molar refractivity (Wildman–Crippen MR) is 199 cm³/mol. The zero-order valence-electron chi connectivity index (χ0n) is 32.0. The van der Waals surface area contributed by atoms with E-state index < -0.39 is 36.2 Å². The summed E-state index contributed by atoms with van der Waals surface area (Å²) in [6.07, 6.45) is 5.32. The van der Waals surface area contributed by atoms with Gasteiger partial charge < -0.3 is 28.3 Å². The van der Waals surface area contributed by atoms with E-state index in [1.54, 1.807) is 6.08 Å². The molecule has 3 fully saturated rings. The van der Waals surface area contributed by atoms with E-state index in [1.165, 1.54) is 24.0 Å². The molecule has 3 aliphatic rings. The van der Waals surface area contributed by atoms with E-state index in [9.17, 15) is 19.2 Å². The van der Waals surface area contributed by atoms with Gasteiger partial charge in [-0.25, -0.2) is 19.2 Å². The van der Waals surface area contributed by atoms with E-state index in [1.807, 2.05) is 88.4 Å². The van der Waals surface area contributed by atoms with Crippen LogP contribution in [0.5, 0.6) is 0 Å². The quantitative estimate of drug-likeness (QED) is 0.0991. The fourth-order valence-corrected chi connectivity index (χ4v) is 7.00. The van der Waals surface area contributed by atoms with E-state index in [2.05, 4.69) is 6.58 Å². The van der Waals surface area contributed by atoms with Crippen molar-refractivity contribution in [2.45, 2.75) is 103 Å². The Kier molecular flexibility index (Phi) is 14.9. The second kappa shape index (κ2) is 19.1. The van der Waals surface area contributed by atoms with Gasteiger partial charge in [0.15, 0.2) is 0 Å². The Balaban J connectivity index is 0.000000251. The van der Waals surface area contributed by atoms with E-state index in [0.717, 1.165) is 43.1 Å². The van der Waals surface area contributed by atoms with Crippen LogP contribution in [-0.4, -0.2) is 91.6 Å². The minimum atomic E-state index is -0.619. The number of allylic oxidation sites excluding steroid dienone is 1. The molecule has 0 spiro atoms. The number of amides is 2. The van der Waals surface area contributed by atoms with Crippen molar-refractivity contribution < 1.29 is 47.4 Å². The molecule has 0 aliphatic carbocycles. The van der Waals surface area contributed by atoms with E-state index in [4.69, 9.17) is 28.3 Å². The van der Waals surface area contributed by atoms with Crippen molar-refractivity contribution in [3.63, 3.8) is 0 Å². The molecule has 13 heteroatoms. The minimum absolute atomic E-state index is 0.0270. The Bertz CT molecular complexity index is 1510. The number of hydrogen-bond donors (Lipinski definition) is 0. The maximum atomic E-state index is 12.7. The molecule has 4 atom stereocenters. The molecule has 3 heterocycles. The van der Waals surface area contributed by atoms with E-state index in [0.29, 0.717) is 19.5 Å². The summed E-state index contributed by atoms with van der Waals surface area (Å²) >= 11 is 0. The molecule has 2 aromatic rings. The third-order valence-electron chi connectivity index (χ3n) is 10.6. The lowest BCUT2D eigenvalue weighted by atomic mass is 9.80. The van der Waals surface area contributed by atoms with Crippen LogP contribution in [-0.2, 0) is 51.1 Å². The normalized spacial score (nSPS) is 22.7. The zero-order valence-corrected chi connectivity index (χ0v) is 32.0. The van der Waals surface area contributed by atoms with Gasteiger partial charge in [0.1, 0.15) is 25.3 Å². The summed E-state index contributed by atoms with van der Waals surface area (Å²) in [6.45, 7) is 13.2. The van der Waals surface area contributed by atoms with Crippen molar-refractivity contribution >= 4 is 31.2 Å². The van der Waals surface area contributed by atoms with Gasteiger partial charge in [-0.2, -0.15) is 0 Å². The van der Waals surface area contributed by atoms with Crippen LogP contribution in [0.15, 0.2) is 73.3 Å². The maximum absolute atomic E-state index is 12.7. The van der Waals surface area contributed by atoms with Gasteiger partial charge in [0.2, 0.25) is 0 Å². The molecule has 0 radical (unpaired) electrons. The maximum Gasteiger partial charge on any atom is 0.457 e. The number of methoxy groups -OCH3 is 2. The minimum Gasteiger partial charge on any atom is -0.467 e. The summed E-state index contributed by atoms with van der Waals surface area (Å²) in [7, 11) is 2.43. The Morgan fingerprint density at radius 2 is 1.19 bits per heavy atom. The molecule has 0 aromatic heterocycles. The number of esters is 2. The molecular weight excluding hydrogens is 679 g/mol. The molecule has 53 heavy (non-hydrogen) atoms. The van der Waals surface area contributed by atoms with Crippen LogP contribution < -0.4 is 0 Å². The Morgan fingerprint density at radius 3 is 1.62 bits per heavy atom. The first-order valence-electron chi connectivity index (χ1n) is 18.4. The molecule has 0 N–H and O–H groups in total. The van der Waals surface area contributed by atoms with Crippen molar-refractivity contribution in [2.75, 3.05) is 27.3 Å². The SMILES string of the molecule is C=CC[C@@H]1CCN(C(=O)OCc2ccccc2)[C@H]1C(=O)OC.COC(=O)[C@H]1[C@H](CCCB2OC(C)(C)C(C)(C)O2)CCN1C(=O)OCc1ccccc1. The van der Waals surface area contributed by atoms with Crippen LogP contribution in [0.25, 0.3) is 0 Å². The summed E-state index contributed by atoms with van der Waals surface area (Å²) in [5.74, 6) is -0.732. The number of hydrogen-bond acceptors (Lipinski definition) is 10. The van der Waals surface area contributed by atoms with Crippen molar-refractivity contribution in [1.29, 1.82) is 0 Å². The third kappa shape index (κ3) is 10.9. The summed E-state index contributed by atoms with van der Waals surface area (Å²) in [6, 6.07) is 17.7. The van der Waals surface area contributed by atoms with Crippen LogP contribution in [0, 0.1) is 11.8 Å². The molecule has 3 aliphatic heterocycles. The lowest BCUT2D eigenvalue weighted by molar-refractivity contribution is -0.147. The molecule has 288 valence electrons. The number of ether oxygens (including phenoxy) is 4. The number of likely N-dealkylation sites (tertiary alicyclic amines) is 2. The van der Waals surface area contributed by atoms with Crippen LogP contribution in [0.1, 0.15) is 70.9 Å². The van der Waals surface area contributed by atoms with Gasteiger partial charge in [-0.05, 0) is 82.7 Å². The smallest absolute Gasteiger partial charge is 0.457 e. The van der Waals surface area contributed by atoms with Crippen molar-refractivity contribution in [1.82, 2.24) is 9.80 Å². The van der Waals surface area contributed by atoms with Crippen molar-refractivity contribution in [3.05, 3.63) is 84.4 Å². The topological polar surface area (TPSA) is 130 Å². The first-order valence-corrected chi connectivity index (χ1v) is 18.4. The van der Waals surface area contributed by atoms with Gasteiger partial charge in [-0.1, -0.05) is 73.2 Å². The first-order chi connectivity index (χ1) is 25.3. The second-order valence-electron chi connectivity index (χ2n) is 14.6. The average Bonchev–Trinajstić information content (AvgIpc) is 3.83.